The molecule has 4 atom stereocenters. The SMILES string of the molecule is CO[C@H]1C[C@@H]2CN(C3CCSCC3)C[C@@H]2C[C@@H]1NC(=O)CCc1ccsc1. The van der Waals surface area contributed by atoms with Gasteiger partial charge in [-0.3, -0.25) is 9.69 Å². The molecule has 1 aliphatic carbocycles. The molecule has 2 aliphatic heterocycles. The Morgan fingerprint density at radius 1 is 1.26 bits per heavy atom. The van der Waals surface area contributed by atoms with Crippen molar-refractivity contribution in [3.8, 4) is 0 Å². The second-order valence-corrected chi connectivity index (χ2v) is 10.4. The lowest BCUT2D eigenvalue weighted by Crippen LogP contribution is -2.50. The van der Waals surface area contributed by atoms with Crippen molar-refractivity contribution in [2.24, 2.45) is 11.8 Å². The Kier molecular flexibility index (Phi) is 6.79. The van der Waals surface area contributed by atoms with Crippen LogP contribution < -0.4 is 5.32 Å². The fourth-order valence-corrected chi connectivity index (χ4v) is 6.97. The summed E-state index contributed by atoms with van der Waals surface area (Å²) in [6, 6.07) is 3.07. The topological polar surface area (TPSA) is 41.6 Å². The summed E-state index contributed by atoms with van der Waals surface area (Å²) < 4.78 is 5.81. The first-order valence-corrected chi connectivity index (χ1v) is 12.5. The molecule has 27 heavy (non-hydrogen) atoms. The summed E-state index contributed by atoms with van der Waals surface area (Å²) in [5, 5.41) is 7.51. The molecule has 1 N–H and O–H groups in total. The van der Waals surface area contributed by atoms with Gasteiger partial charge in [0.05, 0.1) is 12.1 Å². The van der Waals surface area contributed by atoms with Gasteiger partial charge in [-0.2, -0.15) is 23.1 Å². The number of rotatable bonds is 6. The number of methoxy groups -OCH3 is 1. The van der Waals surface area contributed by atoms with Gasteiger partial charge in [0.2, 0.25) is 5.91 Å². The molecule has 0 aromatic carbocycles. The summed E-state index contributed by atoms with van der Waals surface area (Å²) in [4.78, 5) is 15.2. The fraction of sp³-hybridized carbons (Fsp3) is 0.762. The van der Waals surface area contributed by atoms with Crippen LogP contribution in [0.25, 0.3) is 0 Å². The normalized spacial score (nSPS) is 32.3. The first-order chi connectivity index (χ1) is 13.2. The van der Waals surface area contributed by atoms with Crippen LogP contribution in [0.3, 0.4) is 0 Å². The van der Waals surface area contributed by atoms with Crippen LogP contribution in [0, 0.1) is 11.8 Å². The molecule has 1 saturated carbocycles. The second kappa shape index (κ2) is 9.29. The van der Waals surface area contributed by atoms with Crippen molar-refractivity contribution < 1.29 is 9.53 Å². The van der Waals surface area contributed by atoms with E-state index in [4.69, 9.17) is 4.74 Å². The van der Waals surface area contributed by atoms with Gasteiger partial charge >= 0.3 is 0 Å². The van der Waals surface area contributed by atoms with Crippen LogP contribution in [0.5, 0.6) is 0 Å². The van der Waals surface area contributed by atoms with E-state index < -0.39 is 0 Å². The van der Waals surface area contributed by atoms with Crippen molar-refractivity contribution in [2.75, 3.05) is 31.7 Å². The zero-order chi connectivity index (χ0) is 18.6. The minimum absolute atomic E-state index is 0.165. The molecule has 6 heteroatoms. The third-order valence-electron chi connectivity index (χ3n) is 6.72. The predicted molar refractivity (Wildman–Crippen MR) is 114 cm³/mol. The first-order valence-electron chi connectivity index (χ1n) is 10.4. The molecule has 3 aliphatic rings. The van der Waals surface area contributed by atoms with E-state index in [-0.39, 0.29) is 18.1 Å². The lowest BCUT2D eigenvalue weighted by Gasteiger charge is -2.37. The Balaban J connectivity index is 1.30. The van der Waals surface area contributed by atoms with Gasteiger partial charge in [-0.05, 0) is 77.8 Å². The minimum atomic E-state index is 0.165. The van der Waals surface area contributed by atoms with E-state index in [1.165, 1.54) is 43.0 Å². The Hall–Kier alpha value is -0.560. The van der Waals surface area contributed by atoms with E-state index in [2.05, 4.69) is 38.8 Å². The Morgan fingerprint density at radius 2 is 2.04 bits per heavy atom. The van der Waals surface area contributed by atoms with E-state index in [1.54, 1.807) is 18.4 Å². The number of aryl methyl sites for hydroxylation is 1. The molecular formula is C21H32N2O2S2. The van der Waals surface area contributed by atoms with Gasteiger partial charge in [-0.1, -0.05) is 0 Å². The minimum Gasteiger partial charge on any atom is -0.379 e. The number of carbonyl (C=O) groups excluding carboxylic acids is 1. The van der Waals surface area contributed by atoms with Gasteiger partial charge in [0.15, 0.2) is 0 Å². The predicted octanol–water partition coefficient (Wildman–Crippen LogP) is 3.42. The molecule has 1 amide bonds. The number of likely N-dealkylation sites (tertiary alicyclic amines) is 1. The van der Waals surface area contributed by atoms with E-state index >= 15 is 0 Å². The van der Waals surface area contributed by atoms with Gasteiger partial charge in [0, 0.05) is 32.7 Å². The molecule has 1 aromatic rings. The Bertz CT molecular complexity index is 603. The molecule has 4 rings (SSSR count). The molecular weight excluding hydrogens is 376 g/mol. The standard InChI is InChI=1S/C21H32N2O2S2/c1-25-20-11-17-13-23(18-5-8-26-9-6-18)12-16(17)10-19(20)22-21(24)3-2-15-4-7-27-14-15/h4,7,14,16-20H,2-3,5-6,8-13H2,1H3,(H,22,24)/t16-,17+,19-,20-/m0/s1. The molecule has 0 radical (unpaired) electrons. The third kappa shape index (κ3) is 4.89. The second-order valence-electron chi connectivity index (χ2n) is 8.37. The average Bonchev–Trinajstić information content (AvgIpc) is 3.36. The monoisotopic (exact) mass is 408 g/mol. The summed E-state index contributed by atoms with van der Waals surface area (Å²) in [5.41, 5.74) is 1.26. The molecule has 0 bridgehead atoms. The number of amides is 1. The molecule has 4 nitrogen and oxygen atoms in total. The number of hydrogen-bond acceptors (Lipinski definition) is 5. The van der Waals surface area contributed by atoms with Crippen LogP contribution in [0.4, 0.5) is 0 Å². The zero-order valence-electron chi connectivity index (χ0n) is 16.3. The third-order valence-corrected chi connectivity index (χ3v) is 8.50. The van der Waals surface area contributed by atoms with Crippen molar-refractivity contribution >= 4 is 29.0 Å². The maximum atomic E-state index is 12.5. The van der Waals surface area contributed by atoms with Crippen LogP contribution in [-0.2, 0) is 16.0 Å². The Morgan fingerprint density at radius 3 is 2.74 bits per heavy atom. The highest BCUT2D eigenvalue weighted by Crippen LogP contribution is 2.39. The molecule has 1 aromatic heterocycles. The van der Waals surface area contributed by atoms with Crippen molar-refractivity contribution in [3.63, 3.8) is 0 Å². The van der Waals surface area contributed by atoms with Gasteiger partial charge in [-0.25, -0.2) is 0 Å². The number of fused-ring (bicyclic) bond motifs is 1. The molecule has 2 saturated heterocycles. The van der Waals surface area contributed by atoms with E-state index in [0.717, 1.165) is 31.2 Å². The highest BCUT2D eigenvalue weighted by Gasteiger charge is 2.44. The van der Waals surface area contributed by atoms with Crippen molar-refractivity contribution in [2.45, 2.75) is 56.7 Å². The molecule has 0 spiro atoms. The van der Waals surface area contributed by atoms with Crippen LogP contribution >= 0.6 is 23.1 Å². The maximum Gasteiger partial charge on any atom is 0.220 e. The molecule has 0 unspecified atom stereocenters. The van der Waals surface area contributed by atoms with Crippen LogP contribution in [0.2, 0.25) is 0 Å². The molecule has 150 valence electrons. The fourth-order valence-electron chi connectivity index (χ4n) is 5.18. The van der Waals surface area contributed by atoms with Gasteiger partial charge in [-0.15, -0.1) is 0 Å². The number of hydrogen-bond donors (Lipinski definition) is 1. The maximum absolute atomic E-state index is 12.5. The largest absolute Gasteiger partial charge is 0.379 e. The van der Waals surface area contributed by atoms with Gasteiger partial charge < -0.3 is 10.1 Å². The molecule has 3 fully saturated rings. The summed E-state index contributed by atoms with van der Waals surface area (Å²) in [6.45, 7) is 2.45. The average molecular weight is 409 g/mol. The number of nitrogens with one attached hydrogen (secondary N) is 1. The first kappa shape index (κ1) is 19.7. The summed E-state index contributed by atoms with van der Waals surface area (Å²) in [6.07, 6.45) is 6.43. The lowest BCUT2D eigenvalue weighted by molar-refractivity contribution is -0.123. The highest BCUT2D eigenvalue weighted by atomic mass is 32.2. The van der Waals surface area contributed by atoms with Crippen LogP contribution in [0.15, 0.2) is 16.8 Å². The van der Waals surface area contributed by atoms with Gasteiger partial charge in [0.25, 0.3) is 0 Å². The summed E-state index contributed by atoms with van der Waals surface area (Å²) in [7, 11) is 1.81. The van der Waals surface area contributed by atoms with Gasteiger partial charge in [0.1, 0.15) is 0 Å². The smallest absolute Gasteiger partial charge is 0.220 e. The van der Waals surface area contributed by atoms with E-state index in [1.807, 2.05) is 0 Å². The molecule has 3 heterocycles. The Labute approximate surface area is 171 Å². The van der Waals surface area contributed by atoms with E-state index in [0.29, 0.717) is 12.3 Å². The number of carbonyl (C=O) groups is 1. The van der Waals surface area contributed by atoms with Crippen LogP contribution in [0.1, 0.15) is 37.7 Å². The number of thioether (sulfide) groups is 1. The quantitative estimate of drug-likeness (QED) is 0.783. The van der Waals surface area contributed by atoms with Crippen molar-refractivity contribution in [3.05, 3.63) is 22.4 Å². The summed E-state index contributed by atoms with van der Waals surface area (Å²) >= 11 is 3.80. The van der Waals surface area contributed by atoms with Crippen molar-refractivity contribution in [1.82, 2.24) is 10.2 Å². The number of ether oxygens (including phenoxy) is 1. The zero-order valence-corrected chi connectivity index (χ0v) is 17.9. The summed E-state index contributed by atoms with van der Waals surface area (Å²) in [5.74, 6) is 4.27. The van der Waals surface area contributed by atoms with Crippen molar-refractivity contribution in [1.29, 1.82) is 0 Å². The number of nitrogens with zero attached hydrogens (tertiary/aromatic N) is 1. The van der Waals surface area contributed by atoms with E-state index in [9.17, 15) is 4.79 Å². The van der Waals surface area contributed by atoms with Crippen LogP contribution in [-0.4, -0.2) is 60.7 Å². The lowest BCUT2D eigenvalue weighted by atomic mass is 9.77. The number of thiophene rings is 1. The highest BCUT2D eigenvalue weighted by molar-refractivity contribution is 7.99.